The number of ether oxygens (including phenoxy) is 1. The monoisotopic (exact) mass is 413 g/mol. The maximum atomic E-state index is 12.4. The first-order chi connectivity index (χ1) is 14.1. The lowest BCUT2D eigenvalue weighted by molar-refractivity contribution is -0.127. The molecule has 2 atom stereocenters. The lowest BCUT2D eigenvalue weighted by Crippen LogP contribution is -2.35. The van der Waals surface area contributed by atoms with Crippen LogP contribution in [0.25, 0.3) is 11.4 Å². The van der Waals surface area contributed by atoms with E-state index in [0.29, 0.717) is 23.3 Å². The number of nitrogens with zero attached hydrogens (tertiary/aromatic N) is 2. The zero-order chi connectivity index (χ0) is 20.6. The molecule has 2 aromatic carbocycles. The van der Waals surface area contributed by atoms with Crippen molar-refractivity contribution in [2.24, 2.45) is 5.92 Å². The minimum atomic E-state index is -0.395. The number of hydrogen-bond acceptors (Lipinski definition) is 5. The van der Waals surface area contributed by atoms with Crippen LogP contribution in [-0.4, -0.2) is 22.7 Å². The molecule has 1 N–H and O–H groups in total. The molecule has 0 aliphatic rings. The van der Waals surface area contributed by atoms with Crippen molar-refractivity contribution in [1.82, 2.24) is 15.5 Å². The molecule has 6 nitrogen and oxygen atoms in total. The number of halogens is 1. The van der Waals surface area contributed by atoms with Crippen LogP contribution in [0.3, 0.4) is 0 Å². The van der Waals surface area contributed by atoms with E-state index in [1.807, 2.05) is 56.3 Å². The molecule has 1 heterocycles. The highest BCUT2D eigenvalue weighted by Crippen LogP contribution is 2.26. The Labute approximate surface area is 175 Å². The quantitative estimate of drug-likeness (QED) is 0.544. The van der Waals surface area contributed by atoms with Crippen LogP contribution in [-0.2, 0) is 16.1 Å². The Hall–Kier alpha value is -2.70. The predicted octanol–water partition coefficient (Wildman–Crippen LogP) is 4.81. The summed E-state index contributed by atoms with van der Waals surface area (Å²) >= 11 is 6.04. The third-order valence-corrected chi connectivity index (χ3v) is 4.90. The summed E-state index contributed by atoms with van der Waals surface area (Å²) in [6.07, 6.45) is 0.838. The van der Waals surface area contributed by atoms with Crippen LogP contribution in [0.2, 0.25) is 5.02 Å². The number of carbonyl (C=O) groups is 1. The molecule has 0 bridgehead atoms. The van der Waals surface area contributed by atoms with E-state index >= 15 is 0 Å². The maximum absolute atomic E-state index is 12.4. The minimum absolute atomic E-state index is 0.0445. The molecule has 0 saturated carbocycles. The first-order valence-corrected chi connectivity index (χ1v) is 9.95. The second kappa shape index (κ2) is 10.2. The minimum Gasteiger partial charge on any atom is -0.367 e. The Morgan fingerprint density at radius 1 is 1.21 bits per heavy atom. The van der Waals surface area contributed by atoms with Crippen molar-refractivity contribution >= 4 is 17.5 Å². The lowest BCUT2D eigenvalue weighted by Gasteiger charge is -2.20. The van der Waals surface area contributed by atoms with E-state index in [-0.39, 0.29) is 18.4 Å². The fourth-order valence-electron chi connectivity index (χ4n) is 2.84. The maximum Gasteiger partial charge on any atom is 0.249 e. The zero-order valence-electron chi connectivity index (χ0n) is 16.5. The van der Waals surface area contributed by atoms with Crippen molar-refractivity contribution < 1.29 is 14.1 Å². The fourth-order valence-corrected chi connectivity index (χ4v) is 3.03. The largest absolute Gasteiger partial charge is 0.367 e. The molecule has 3 aromatic rings. The van der Waals surface area contributed by atoms with Gasteiger partial charge in [-0.05, 0) is 23.6 Å². The van der Waals surface area contributed by atoms with Crippen molar-refractivity contribution in [3.8, 4) is 11.4 Å². The van der Waals surface area contributed by atoms with Gasteiger partial charge in [0.05, 0.1) is 6.61 Å². The van der Waals surface area contributed by atoms with Gasteiger partial charge in [-0.25, -0.2) is 0 Å². The van der Waals surface area contributed by atoms with Gasteiger partial charge < -0.3 is 14.6 Å². The van der Waals surface area contributed by atoms with E-state index in [9.17, 15) is 4.79 Å². The standard InChI is InChI=1S/C22H24ClN3O3/c1-3-15(2)20(24-19(27)14-28-13-16-8-5-4-6-9-16)22-25-21(26-29-22)17-10-7-11-18(23)12-17/h4-12,15,20H,3,13-14H2,1-2H3,(H,24,27)/t15-,20-/m0/s1. The summed E-state index contributed by atoms with van der Waals surface area (Å²) in [6, 6.07) is 16.6. The Bertz CT molecular complexity index is 930. The fraction of sp³-hybridized carbons (Fsp3) is 0.318. The van der Waals surface area contributed by atoms with Crippen molar-refractivity contribution in [2.45, 2.75) is 32.9 Å². The lowest BCUT2D eigenvalue weighted by atomic mass is 9.99. The van der Waals surface area contributed by atoms with E-state index in [1.54, 1.807) is 12.1 Å². The molecule has 0 unspecified atom stereocenters. The third kappa shape index (κ3) is 5.89. The van der Waals surface area contributed by atoms with Gasteiger partial charge in [0.1, 0.15) is 12.6 Å². The number of benzene rings is 2. The molecule has 152 valence electrons. The number of hydrogen-bond donors (Lipinski definition) is 1. The number of aromatic nitrogens is 2. The number of carbonyl (C=O) groups excluding carboxylic acids is 1. The molecule has 1 amide bonds. The summed E-state index contributed by atoms with van der Waals surface area (Å²) in [7, 11) is 0. The Balaban J connectivity index is 1.64. The first-order valence-electron chi connectivity index (χ1n) is 9.57. The molecular formula is C22H24ClN3O3. The van der Waals surface area contributed by atoms with Gasteiger partial charge in [0, 0.05) is 10.6 Å². The topological polar surface area (TPSA) is 77.2 Å². The van der Waals surface area contributed by atoms with Crippen molar-refractivity contribution in [3.63, 3.8) is 0 Å². The van der Waals surface area contributed by atoms with Gasteiger partial charge >= 0.3 is 0 Å². The van der Waals surface area contributed by atoms with Gasteiger partial charge in [-0.15, -0.1) is 0 Å². The van der Waals surface area contributed by atoms with E-state index in [1.165, 1.54) is 0 Å². The second-order valence-corrected chi connectivity index (χ2v) is 7.31. The molecule has 29 heavy (non-hydrogen) atoms. The molecular weight excluding hydrogens is 390 g/mol. The second-order valence-electron chi connectivity index (χ2n) is 6.88. The van der Waals surface area contributed by atoms with Gasteiger partial charge in [0.25, 0.3) is 0 Å². The highest BCUT2D eigenvalue weighted by atomic mass is 35.5. The van der Waals surface area contributed by atoms with E-state index in [2.05, 4.69) is 15.5 Å². The SMILES string of the molecule is CC[C@H](C)[C@H](NC(=O)COCc1ccccc1)c1nc(-c2cccc(Cl)c2)no1. The molecule has 1 aromatic heterocycles. The van der Waals surface area contributed by atoms with Crippen LogP contribution < -0.4 is 5.32 Å². The Morgan fingerprint density at radius 2 is 2.00 bits per heavy atom. The normalized spacial score (nSPS) is 13.1. The predicted molar refractivity (Wildman–Crippen MR) is 111 cm³/mol. The molecule has 0 saturated heterocycles. The first kappa shape index (κ1) is 21.0. The van der Waals surface area contributed by atoms with E-state index < -0.39 is 6.04 Å². The van der Waals surface area contributed by atoms with Crippen LogP contribution in [0.4, 0.5) is 0 Å². The zero-order valence-corrected chi connectivity index (χ0v) is 17.2. The van der Waals surface area contributed by atoms with Crippen LogP contribution in [0.5, 0.6) is 0 Å². The van der Waals surface area contributed by atoms with Crippen LogP contribution in [0, 0.1) is 5.92 Å². The molecule has 0 fully saturated rings. The van der Waals surface area contributed by atoms with Gasteiger partial charge in [-0.3, -0.25) is 4.79 Å². The highest BCUT2D eigenvalue weighted by molar-refractivity contribution is 6.30. The summed E-state index contributed by atoms with van der Waals surface area (Å²) in [5, 5.41) is 7.60. The summed E-state index contributed by atoms with van der Waals surface area (Å²) in [5.74, 6) is 0.686. The average Bonchev–Trinajstić information content (AvgIpc) is 3.22. The van der Waals surface area contributed by atoms with Gasteiger partial charge in [0.15, 0.2) is 0 Å². The Morgan fingerprint density at radius 3 is 2.72 bits per heavy atom. The summed E-state index contributed by atoms with van der Waals surface area (Å²) in [5.41, 5.74) is 1.77. The van der Waals surface area contributed by atoms with Crippen molar-refractivity contribution in [3.05, 3.63) is 71.1 Å². The average molecular weight is 414 g/mol. The molecule has 7 heteroatoms. The Kier molecular flexibility index (Phi) is 7.38. The van der Waals surface area contributed by atoms with Crippen LogP contribution in [0.15, 0.2) is 59.1 Å². The number of rotatable bonds is 9. The summed E-state index contributed by atoms with van der Waals surface area (Å²) in [6.45, 7) is 4.40. The molecule has 0 spiro atoms. The van der Waals surface area contributed by atoms with Gasteiger partial charge in [-0.1, -0.05) is 79.5 Å². The summed E-state index contributed by atoms with van der Waals surface area (Å²) in [4.78, 5) is 16.9. The molecule has 0 radical (unpaired) electrons. The molecule has 3 rings (SSSR count). The van der Waals surface area contributed by atoms with Crippen LogP contribution >= 0.6 is 11.6 Å². The van der Waals surface area contributed by atoms with E-state index in [0.717, 1.165) is 17.5 Å². The molecule has 0 aliphatic carbocycles. The smallest absolute Gasteiger partial charge is 0.249 e. The van der Waals surface area contributed by atoms with Crippen molar-refractivity contribution in [2.75, 3.05) is 6.61 Å². The van der Waals surface area contributed by atoms with Crippen molar-refractivity contribution in [1.29, 1.82) is 0 Å². The summed E-state index contributed by atoms with van der Waals surface area (Å²) < 4.78 is 11.0. The molecule has 0 aliphatic heterocycles. The highest BCUT2D eigenvalue weighted by Gasteiger charge is 2.26. The number of amides is 1. The third-order valence-electron chi connectivity index (χ3n) is 4.66. The van der Waals surface area contributed by atoms with Crippen LogP contribution in [0.1, 0.15) is 37.8 Å². The van der Waals surface area contributed by atoms with Gasteiger partial charge in [-0.2, -0.15) is 4.98 Å². The van der Waals surface area contributed by atoms with E-state index in [4.69, 9.17) is 20.9 Å². The van der Waals surface area contributed by atoms with Gasteiger partial charge in [0.2, 0.25) is 17.6 Å². The number of nitrogens with one attached hydrogen (secondary N) is 1.